The molecule has 1 fully saturated rings. The van der Waals surface area contributed by atoms with Crippen molar-refractivity contribution in [3.8, 4) is 22.8 Å². The first kappa shape index (κ1) is 16.0. The van der Waals surface area contributed by atoms with Crippen LogP contribution >= 0.6 is 11.9 Å². The third-order valence-corrected chi connectivity index (χ3v) is 5.25. The van der Waals surface area contributed by atoms with Gasteiger partial charge in [0.25, 0.3) is 0 Å². The van der Waals surface area contributed by atoms with E-state index in [4.69, 9.17) is 14.5 Å². The highest BCUT2D eigenvalue weighted by Crippen LogP contribution is 2.35. The molecule has 2 aromatic carbocycles. The number of nitrogens with zero attached hydrogens (tertiary/aromatic N) is 2. The largest absolute Gasteiger partial charge is 0.493 e. The van der Waals surface area contributed by atoms with Gasteiger partial charge in [0.15, 0.2) is 11.5 Å². The van der Waals surface area contributed by atoms with Crippen LogP contribution in [-0.4, -0.2) is 29.4 Å². The quantitative estimate of drug-likeness (QED) is 0.657. The smallest absolute Gasteiger partial charge is 0.163 e. The van der Waals surface area contributed by atoms with E-state index in [1.807, 2.05) is 12.1 Å². The van der Waals surface area contributed by atoms with Crippen molar-refractivity contribution in [2.24, 2.45) is 0 Å². The van der Waals surface area contributed by atoms with E-state index in [1.54, 1.807) is 32.4 Å². The minimum atomic E-state index is 0.651. The SMILES string of the molecule is COc1cc2ncc(-c3ccc(NSC4CC4)cc3)nc2cc1OC. The van der Waals surface area contributed by atoms with Gasteiger partial charge in [-0.25, -0.2) is 4.98 Å². The molecule has 1 heterocycles. The summed E-state index contributed by atoms with van der Waals surface area (Å²) in [5.74, 6) is 1.30. The summed E-state index contributed by atoms with van der Waals surface area (Å²) in [6, 6.07) is 12.0. The molecule has 0 amide bonds. The van der Waals surface area contributed by atoms with Gasteiger partial charge in [-0.1, -0.05) is 12.1 Å². The Morgan fingerprint density at radius 1 is 1.00 bits per heavy atom. The van der Waals surface area contributed by atoms with Crippen molar-refractivity contribution in [1.29, 1.82) is 0 Å². The van der Waals surface area contributed by atoms with Crippen LogP contribution in [0.25, 0.3) is 22.3 Å². The number of methoxy groups -OCH3 is 2. The van der Waals surface area contributed by atoms with Gasteiger partial charge in [-0.05, 0) is 36.9 Å². The van der Waals surface area contributed by atoms with Crippen LogP contribution in [0.4, 0.5) is 5.69 Å². The molecule has 25 heavy (non-hydrogen) atoms. The minimum Gasteiger partial charge on any atom is -0.493 e. The Morgan fingerprint density at radius 2 is 1.68 bits per heavy atom. The zero-order valence-electron chi connectivity index (χ0n) is 14.2. The van der Waals surface area contributed by atoms with E-state index in [9.17, 15) is 0 Å². The highest BCUT2D eigenvalue weighted by atomic mass is 32.2. The van der Waals surface area contributed by atoms with Crippen LogP contribution in [0.2, 0.25) is 0 Å². The average molecular weight is 353 g/mol. The topological polar surface area (TPSA) is 56.3 Å². The van der Waals surface area contributed by atoms with Gasteiger partial charge in [0.1, 0.15) is 0 Å². The standard InChI is InChI=1S/C19H19N3O2S/c1-23-18-9-15-16(10-19(18)24-2)21-17(11-20-15)12-3-5-13(6-4-12)22-25-14-7-8-14/h3-6,9-11,14,22H,7-8H2,1-2H3. The van der Waals surface area contributed by atoms with Crippen LogP contribution in [0, 0.1) is 0 Å². The maximum Gasteiger partial charge on any atom is 0.163 e. The van der Waals surface area contributed by atoms with Crippen molar-refractivity contribution in [2.75, 3.05) is 18.9 Å². The molecule has 1 aliphatic carbocycles. The predicted molar refractivity (Wildman–Crippen MR) is 102 cm³/mol. The van der Waals surface area contributed by atoms with Crippen molar-refractivity contribution in [3.05, 3.63) is 42.6 Å². The molecule has 1 aliphatic rings. The molecule has 0 radical (unpaired) electrons. The lowest BCUT2D eigenvalue weighted by molar-refractivity contribution is 0.355. The maximum atomic E-state index is 5.35. The van der Waals surface area contributed by atoms with Crippen LogP contribution < -0.4 is 14.2 Å². The Kier molecular flexibility index (Phi) is 4.36. The predicted octanol–water partition coefficient (Wildman–Crippen LogP) is 4.54. The Labute approximate surface area is 150 Å². The molecular weight excluding hydrogens is 334 g/mol. The first-order valence-corrected chi connectivity index (χ1v) is 9.05. The van der Waals surface area contributed by atoms with Crippen LogP contribution in [0.3, 0.4) is 0 Å². The summed E-state index contributed by atoms with van der Waals surface area (Å²) in [5, 5.41) is 0.776. The molecule has 0 aliphatic heterocycles. The molecule has 0 bridgehead atoms. The van der Waals surface area contributed by atoms with E-state index in [-0.39, 0.29) is 0 Å². The summed E-state index contributed by atoms with van der Waals surface area (Å²) in [4.78, 5) is 9.23. The maximum absolute atomic E-state index is 5.35. The normalized spacial score (nSPS) is 13.7. The fourth-order valence-electron chi connectivity index (χ4n) is 2.53. The highest BCUT2D eigenvalue weighted by molar-refractivity contribution is 8.01. The summed E-state index contributed by atoms with van der Waals surface area (Å²) < 4.78 is 14.1. The zero-order chi connectivity index (χ0) is 17.2. The molecule has 0 spiro atoms. The summed E-state index contributed by atoms with van der Waals surface area (Å²) in [7, 11) is 3.23. The molecule has 5 nitrogen and oxygen atoms in total. The highest BCUT2D eigenvalue weighted by Gasteiger charge is 2.21. The first-order chi connectivity index (χ1) is 12.3. The lowest BCUT2D eigenvalue weighted by atomic mass is 10.1. The summed E-state index contributed by atoms with van der Waals surface area (Å²) in [6.45, 7) is 0. The van der Waals surface area contributed by atoms with Crippen molar-refractivity contribution >= 4 is 28.7 Å². The van der Waals surface area contributed by atoms with Crippen LogP contribution in [0.1, 0.15) is 12.8 Å². The number of nitrogens with one attached hydrogen (secondary N) is 1. The molecule has 1 aromatic heterocycles. The summed E-state index contributed by atoms with van der Waals surface area (Å²) >= 11 is 1.80. The van der Waals surface area contributed by atoms with Gasteiger partial charge < -0.3 is 14.2 Å². The lowest BCUT2D eigenvalue weighted by Gasteiger charge is -2.09. The fourth-order valence-corrected chi connectivity index (χ4v) is 3.34. The van der Waals surface area contributed by atoms with Crippen molar-refractivity contribution < 1.29 is 9.47 Å². The second-order valence-corrected chi connectivity index (χ2v) is 7.05. The summed E-state index contributed by atoms with van der Waals surface area (Å²) in [6.07, 6.45) is 4.42. The molecule has 1 saturated carbocycles. The van der Waals surface area contributed by atoms with Gasteiger partial charge in [0.2, 0.25) is 0 Å². The van der Waals surface area contributed by atoms with Crippen molar-refractivity contribution in [2.45, 2.75) is 18.1 Å². The van der Waals surface area contributed by atoms with Gasteiger partial charge in [-0.2, -0.15) is 0 Å². The van der Waals surface area contributed by atoms with Gasteiger partial charge in [-0.3, -0.25) is 4.98 Å². The number of aromatic nitrogens is 2. The number of ether oxygens (including phenoxy) is 2. The van der Waals surface area contributed by atoms with Crippen LogP contribution in [0.15, 0.2) is 42.6 Å². The Morgan fingerprint density at radius 3 is 2.32 bits per heavy atom. The molecule has 3 aromatic rings. The van der Waals surface area contributed by atoms with Crippen LogP contribution in [0.5, 0.6) is 11.5 Å². The van der Waals surface area contributed by atoms with Gasteiger partial charge in [0.05, 0.1) is 37.1 Å². The van der Waals surface area contributed by atoms with E-state index >= 15 is 0 Å². The lowest BCUT2D eigenvalue weighted by Crippen LogP contribution is -1.94. The number of fused-ring (bicyclic) bond motifs is 1. The number of anilines is 1. The van der Waals surface area contributed by atoms with E-state index in [2.05, 4.69) is 34.0 Å². The number of benzene rings is 2. The average Bonchev–Trinajstić information content (AvgIpc) is 3.49. The van der Waals surface area contributed by atoms with Gasteiger partial charge in [-0.15, -0.1) is 0 Å². The minimum absolute atomic E-state index is 0.651. The monoisotopic (exact) mass is 353 g/mol. The molecule has 6 heteroatoms. The molecule has 1 N–H and O–H groups in total. The van der Waals surface area contributed by atoms with E-state index < -0.39 is 0 Å². The third-order valence-electron chi connectivity index (χ3n) is 4.10. The van der Waals surface area contributed by atoms with Crippen LogP contribution in [-0.2, 0) is 0 Å². The first-order valence-electron chi connectivity index (χ1n) is 8.17. The number of hydrogen-bond donors (Lipinski definition) is 1. The number of hydrogen-bond acceptors (Lipinski definition) is 6. The van der Waals surface area contributed by atoms with E-state index in [1.165, 1.54) is 12.8 Å². The van der Waals surface area contributed by atoms with Crippen molar-refractivity contribution in [1.82, 2.24) is 9.97 Å². The summed E-state index contributed by atoms with van der Waals surface area (Å²) in [5.41, 5.74) is 4.54. The second kappa shape index (κ2) is 6.80. The van der Waals surface area contributed by atoms with Gasteiger partial charge in [0, 0.05) is 28.6 Å². The fraction of sp³-hybridized carbons (Fsp3) is 0.263. The van der Waals surface area contributed by atoms with E-state index in [0.29, 0.717) is 11.5 Å². The zero-order valence-corrected chi connectivity index (χ0v) is 15.0. The molecule has 128 valence electrons. The number of rotatable bonds is 6. The molecular formula is C19H19N3O2S. The molecule has 4 rings (SSSR count). The Hall–Kier alpha value is -2.47. The Bertz CT molecular complexity index is 895. The molecule has 0 unspecified atom stereocenters. The second-order valence-electron chi connectivity index (χ2n) is 5.95. The third kappa shape index (κ3) is 3.49. The molecule has 0 saturated heterocycles. The van der Waals surface area contributed by atoms with E-state index in [0.717, 1.165) is 33.2 Å². The van der Waals surface area contributed by atoms with Gasteiger partial charge >= 0.3 is 0 Å². The molecule has 0 atom stereocenters. The Balaban J connectivity index is 1.61. The van der Waals surface area contributed by atoms with Crippen molar-refractivity contribution in [3.63, 3.8) is 0 Å².